The van der Waals surface area contributed by atoms with Crippen LogP contribution in [-0.2, 0) is 11.8 Å². The number of aryl methyl sites for hydroxylation is 1. The van der Waals surface area contributed by atoms with E-state index in [9.17, 15) is 4.79 Å². The maximum Gasteiger partial charge on any atom is 0.194 e. The van der Waals surface area contributed by atoms with Gasteiger partial charge in [-0.2, -0.15) is 0 Å². The smallest absolute Gasteiger partial charge is 0.194 e. The summed E-state index contributed by atoms with van der Waals surface area (Å²) in [6, 6.07) is 6.16. The zero-order valence-corrected chi connectivity index (χ0v) is 11.8. The molecular formula is C16H20O2. The number of ketones is 1. The minimum atomic E-state index is -0.0240. The van der Waals surface area contributed by atoms with Crippen molar-refractivity contribution in [2.24, 2.45) is 0 Å². The van der Waals surface area contributed by atoms with Crippen LogP contribution in [0.15, 0.2) is 22.6 Å². The Morgan fingerprint density at radius 2 is 1.89 bits per heavy atom. The Hall–Kier alpha value is -1.57. The first-order chi connectivity index (χ1) is 8.32. The highest BCUT2D eigenvalue weighted by molar-refractivity contribution is 5.96. The lowest BCUT2D eigenvalue weighted by molar-refractivity contribution is 0.0989. The molecule has 0 saturated carbocycles. The van der Waals surface area contributed by atoms with Crippen LogP contribution in [0.5, 0.6) is 0 Å². The molecule has 0 radical (unpaired) electrons. The van der Waals surface area contributed by atoms with Crippen LogP contribution < -0.4 is 0 Å². The van der Waals surface area contributed by atoms with E-state index >= 15 is 0 Å². The molecule has 0 fully saturated rings. The van der Waals surface area contributed by atoms with Crippen LogP contribution in [0, 0.1) is 0 Å². The lowest BCUT2D eigenvalue weighted by atomic mass is 9.85. The van der Waals surface area contributed by atoms with E-state index in [1.165, 1.54) is 18.1 Å². The summed E-state index contributed by atoms with van der Waals surface area (Å²) in [5, 5.41) is 1.03. The molecule has 0 amide bonds. The molecule has 0 aliphatic carbocycles. The fourth-order valence-electron chi connectivity index (χ4n) is 2.15. The molecule has 2 nitrogen and oxygen atoms in total. The largest absolute Gasteiger partial charge is 0.453 e. The van der Waals surface area contributed by atoms with Crippen LogP contribution in [-0.4, -0.2) is 5.78 Å². The van der Waals surface area contributed by atoms with Crippen molar-refractivity contribution in [2.45, 2.75) is 46.5 Å². The molecule has 2 heteroatoms. The second-order valence-electron chi connectivity index (χ2n) is 5.83. The molecule has 0 N–H and O–H groups in total. The number of Topliss-reactive ketones (excluding diaryl/α,β-unsaturated/α-hetero) is 1. The second kappa shape index (κ2) is 4.27. The molecular weight excluding hydrogens is 224 g/mol. The van der Waals surface area contributed by atoms with Crippen molar-refractivity contribution in [1.29, 1.82) is 0 Å². The van der Waals surface area contributed by atoms with Crippen LogP contribution in [0.1, 0.15) is 56.3 Å². The molecule has 0 bridgehead atoms. The number of hydrogen-bond donors (Lipinski definition) is 0. The highest BCUT2D eigenvalue weighted by atomic mass is 16.3. The van der Waals surface area contributed by atoms with E-state index in [0.717, 1.165) is 17.4 Å². The SMILES string of the molecule is CCc1cc(C(C)(C)C)c2oc(C(C)=O)cc2c1. The van der Waals surface area contributed by atoms with Crippen LogP contribution in [0.4, 0.5) is 0 Å². The topological polar surface area (TPSA) is 30.2 Å². The van der Waals surface area contributed by atoms with Crippen molar-refractivity contribution < 1.29 is 9.21 Å². The molecule has 96 valence electrons. The standard InChI is InChI=1S/C16H20O2/c1-6-11-7-12-9-14(10(2)17)18-15(12)13(8-11)16(3,4)5/h7-9H,6H2,1-5H3. The predicted molar refractivity (Wildman–Crippen MR) is 74.3 cm³/mol. The van der Waals surface area contributed by atoms with Gasteiger partial charge in [-0.1, -0.05) is 33.8 Å². The number of hydrogen-bond acceptors (Lipinski definition) is 2. The number of carbonyl (C=O) groups is 1. The van der Waals surface area contributed by atoms with Crippen molar-refractivity contribution in [3.63, 3.8) is 0 Å². The average Bonchev–Trinajstić information content (AvgIpc) is 2.69. The van der Waals surface area contributed by atoms with Gasteiger partial charge in [-0.05, 0) is 29.5 Å². The first-order valence-electron chi connectivity index (χ1n) is 6.41. The van der Waals surface area contributed by atoms with Gasteiger partial charge in [-0.3, -0.25) is 4.79 Å². The molecule has 0 atom stereocenters. The van der Waals surface area contributed by atoms with Gasteiger partial charge in [0.25, 0.3) is 0 Å². The molecule has 2 rings (SSSR count). The Morgan fingerprint density at radius 1 is 1.22 bits per heavy atom. The Kier molecular flexibility index (Phi) is 3.05. The highest BCUT2D eigenvalue weighted by Gasteiger charge is 2.21. The van der Waals surface area contributed by atoms with E-state index in [1.807, 2.05) is 6.07 Å². The molecule has 18 heavy (non-hydrogen) atoms. The highest BCUT2D eigenvalue weighted by Crippen LogP contribution is 2.33. The normalized spacial score (nSPS) is 12.1. The van der Waals surface area contributed by atoms with E-state index in [2.05, 4.69) is 39.8 Å². The molecule has 1 heterocycles. The Labute approximate surface area is 108 Å². The summed E-state index contributed by atoms with van der Waals surface area (Å²) >= 11 is 0. The van der Waals surface area contributed by atoms with Gasteiger partial charge in [0.05, 0.1) is 0 Å². The van der Waals surface area contributed by atoms with Crippen molar-refractivity contribution >= 4 is 16.8 Å². The van der Waals surface area contributed by atoms with E-state index in [0.29, 0.717) is 5.76 Å². The minimum absolute atomic E-state index is 0.00927. The van der Waals surface area contributed by atoms with Crippen molar-refractivity contribution in [3.05, 3.63) is 35.1 Å². The molecule has 0 aliphatic rings. The summed E-state index contributed by atoms with van der Waals surface area (Å²) in [7, 11) is 0. The fraction of sp³-hybridized carbons (Fsp3) is 0.438. The number of benzene rings is 1. The lowest BCUT2D eigenvalue weighted by Gasteiger charge is -2.20. The molecule has 2 aromatic rings. The van der Waals surface area contributed by atoms with Gasteiger partial charge in [-0.15, -0.1) is 0 Å². The Morgan fingerprint density at radius 3 is 2.39 bits per heavy atom. The van der Waals surface area contributed by atoms with E-state index in [-0.39, 0.29) is 11.2 Å². The first-order valence-corrected chi connectivity index (χ1v) is 6.41. The molecule has 0 unspecified atom stereocenters. The summed E-state index contributed by atoms with van der Waals surface area (Å²) in [4.78, 5) is 11.4. The van der Waals surface area contributed by atoms with Gasteiger partial charge < -0.3 is 4.42 Å². The minimum Gasteiger partial charge on any atom is -0.453 e. The van der Waals surface area contributed by atoms with Crippen LogP contribution >= 0.6 is 0 Å². The summed E-state index contributed by atoms with van der Waals surface area (Å²) < 4.78 is 5.74. The maximum atomic E-state index is 11.4. The average molecular weight is 244 g/mol. The van der Waals surface area contributed by atoms with E-state index in [4.69, 9.17) is 4.42 Å². The summed E-state index contributed by atoms with van der Waals surface area (Å²) in [5.74, 6) is 0.424. The summed E-state index contributed by atoms with van der Waals surface area (Å²) in [6.45, 7) is 10.2. The molecule has 0 aliphatic heterocycles. The van der Waals surface area contributed by atoms with Crippen LogP contribution in [0.2, 0.25) is 0 Å². The maximum absolute atomic E-state index is 11.4. The zero-order valence-electron chi connectivity index (χ0n) is 11.8. The zero-order chi connectivity index (χ0) is 13.5. The van der Waals surface area contributed by atoms with E-state index < -0.39 is 0 Å². The quantitative estimate of drug-likeness (QED) is 0.728. The monoisotopic (exact) mass is 244 g/mol. The molecule has 0 saturated heterocycles. The third-order valence-corrected chi connectivity index (χ3v) is 3.24. The van der Waals surface area contributed by atoms with Gasteiger partial charge in [0.15, 0.2) is 11.5 Å². The van der Waals surface area contributed by atoms with Crippen molar-refractivity contribution in [1.82, 2.24) is 0 Å². The van der Waals surface area contributed by atoms with Gasteiger partial charge in [-0.25, -0.2) is 0 Å². The van der Waals surface area contributed by atoms with Crippen LogP contribution in [0.25, 0.3) is 11.0 Å². The molecule has 1 aromatic carbocycles. The number of fused-ring (bicyclic) bond motifs is 1. The molecule has 0 spiro atoms. The summed E-state index contributed by atoms with van der Waals surface area (Å²) in [5.41, 5.74) is 3.31. The number of rotatable bonds is 2. The van der Waals surface area contributed by atoms with Gasteiger partial charge in [0.1, 0.15) is 5.58 Å². The van der Waals surface area contributed by atoms with Crippen molar-refractivity contribution in [2.75, 3.05) is 0 Å². The summed E-state index contributed by atoms with van der Waals surface area (Å²) in [6.07, 6.45) is 0.986. The van der Waals surface area contributed by atoms with Gasteiger partial charge in [0, 0.05) is 17.9 Å². The Bertz CT molecular complexity index is 597. The van der Waals surface area contributed by atoms with Crippen molar-refractivity contribution in [3.8, 4) is 0 Å². The third kappa shape index (κ3) is 2.20. The number of furan rings is 1. The van der Waals surface area contributed by atoms with Gasteiger partial charge in [0.2, 0.25) is 0 Å². The lowest BCUT2D eigenvalue weighted by Crippen LogP contribution is -2.11. The second-order valence-corrected chi connectivity index (χ2v) is 5.83. The Balaban J connectivity index is 2.77. The predicted octanol–water partition coefficient (Wildman–Crippen LogP) is 4.50. The first kappa shape index (κ1) is 12.9. The third-order valence-electron chi connectivity index (χ3n) is 3.24. The van der Waals surface area contributed by atoms with Gasteiger partial charge >= 0.3 is 0 Å². The fourth-order valence-corrected chi connectivity index (χ4v) is 2.15. The van der Waals surface area contributed by atoms with Crippen LogP contribution in [0.3, 0.4) is 0 Å². The number of carbonyl (C=O) groups excluding carboxylic acids is 1. The van der Waals surface area contributed by atoms with E-state index in [1.54, 1.807) is 0 Å². The molecule has 1 aromatic heterocycles.